The van der Waals surface area contributed by atoms with Gasteiger partial charge in [-0.2, -0.15) is 0 Å². The van der Waals surface area contributed by atoms with Crippen LogP contribution in [0.25, 0.3) is 0 Å². The lowest BCUT2D eigenvalue weighted by Gasteiger charge is -2.47. The maximum Gasteiger partial charge on any atom is 0.333 e. The third-order valence-corrected chi connectivity index (χ3v) is 4.69. The molecule has 0 spiro atoms. The molecule has 17 heavy (non-hydrogen) atoms. The van der Waals surface area contributed by atoms with Crippen LogP contribution in [0.5, 0.6) is 0 Å². The highest BCUT2D eigenvalue weighted by molar-refractivity contribution is 5.87. The molecule has 96 valence electrons. The van der Waals surface area contributed by atoms with Crippen LogP contribution in [0, 0.1) is 17.3 Å². The maximum absolute atomic E-state index is 11.9. The van der Waals surface area contributed by atoms with Gasteiger partial charge in [-0.05, 0) is 44.4 Å². The lowest BCUT2D eigenvalue weighted by Crippen LogP contribution is -2.51. The van der Waals surface area contributed by atoms with E-state index in [1.54, 1.807) is 6.92 Å². The topological polar surface area (TPSA) is 26.3 Å². The van der Waals surface area contributed by atoms with Crippen LogP contribution in [-0.2, 0) is 9.53 Å². The molecule has 0 saturated heterocycles. The fraction of sp³-hybridized carbons (Fsp3) is 0.800. The Labute approximate surface area is 104 Å². The molecule has 0 amide bonds. The summed E-state index contributed by atoms with van der Waals surface area (Å²) in [4.78, 5) is 11.9. The van der Waals surface area contributed by atoms with Crippen LogP contribution < -0.4 is 0 Å². The first-order chi connectivity index (χ1) is 7.76. The molecular formula is C15H24O2. The number of hydrogen-bond donors (Lipinski definition) is 0. The molecule has 2 aliphatic rings. The van der Waals surface area contributed by atoms with E-state index in [0.29, 0.717) is 11.5 Å². The zero-order chi connectivity index (χ0) is 12.8. The lowest BCUT2D eigenvalue weighted by atomic mass is 9.67. The summed E-state index contributed by atoms with van der Waals surface area (Å²) in [5.41, 5.74) is 0.264. The molecule has 2 fully saturated rings. The van der Waals surface area contributed by atoms with Gasteiger partial charge in [-0.3, -0.25) is 0 Å². The summed E-state index contributed by atoms with van der Waals surface area (Å²) in [7, 11) is 0. The predicted octanol–water partition coefficient (Wildman–Crippen LogP) is 3.71. The van der Waals surface area contributed by atoms with Crippen molar-refractivity contribution < 1.29 is 9.53 Å². The summed E-state index contributed by atoms with van der Waals surface area (Å²) in [6.45, 7) is 12.0. The van der Waals surface area contributed by atoms with Gasteiger partial charge in [-0.1, -0.05) is 27.4 Å². The number of hydrogen-bond acceptors (Lipinski definition) is 2. The van der Waals surface area contributed by atoms with Gasteiger partial charge in [-0.25, -0.2) is 4.79 Å². The third-order valence-electron chi connectivity index (χ3n) is 4.69. The van der Waals surface area contributed by atoms with Crippen molar-refractivity contribution in [1.29, 1.82) is 0 Å². The minimum Gasteiger partial charge on any atom is -0.455 e. The van der Waals surface area contributed by atoms with Crippen molar-refractivity contribution in [3.8, 4) is 0 Å². The quantitative estimate of drug-likeness (QED) is 0.539. The van der Waals surface area contributed by atoms with Gasteiger partial charge in [0.05, 0.1) is 0 Å². The predicted molar refractivity (Wildman–Crippen MR) is 68.5 cm³/mol. The van der Waals surface area contributed by atoms with Gasteiger partial charge in [0.1, 0.15) is 5.60 Å². The van der Waals surface area contributed by atoms with E-state index in [0.717, 1.165) is 12.3 Å². The van der Waals surface area contributed by atoms with Crippen LogP contribution in [0.2, 0.25) is 0 Å². The molecule has 3 atom stereocenters. The monoisotopic (exact) mass is 236 g/mol. The number of ether oxygens (including phenoxy) is 1. The Kier molecular flexibility index (Phi) is 2.87. The van der Waals surface area contributed by atoms with E-state index in [2.05, 4.69) is 27.4 Å². The smallest absolute Gasteiger partial charge is 0.333 e. The van der Waals surface area contributed by atoms with Gasteiger partial charge >= 0.3 is 5.97 Å². The van der Waals surface area contributed by atoms with Crippen molar-refractivity contribution in [2.75, 3.05) is 0 Å². The molecule has 0 heterocycles. The maximum atomic E-state index is 11.9. The third kappa shape index (κ3) is 1.92. The zero-order valence-corrected chi connectivity index (χ0v) is 11.5. The van der Waals surface area contributed by atoms with Crippen LogP contribution >= 0.6 is 0 Å². The Morgan fingerprint density at radius 3 is 2.35 bits per heavy atom. The Bertz CT molecular complexity index is 350. The second kappa shape index (κ2) is 3.86. The van der Waals surface area contributed by atoms with Gasteiger partial charge in [0.25, 0.3) is 0 Å². The van der Waals surface area contributed by atoms with Crippen molar-refractivity contribution in [2.45, 2.75) is 59.0 Å². The summed E-state index contributed by atoms with van der Waals surface area (Å²) in [5, 5.41) is 0. The Balaban J connectivity index is 2.27. The summed E-state index contributed by atoms with van der Waals surface area (Å²) >= 11 is 0. The molecule has 2 aliphatic carbocycles. The molecule has 0 radical (unpaired) electrons. The minimum absolute atomic E-state index is 0.0119. The normalized spacial score (nSPS) is 36.0. The Hall–Kier alpha value is -0.790. The molecule has 2 saturated carbocycles. The first-order valence-corrected chi connectivity index (χ1v) is 6.65. The van der Waals surface area contributed by atoms with Crippen LogP contribution in [-0.4, -0.2) is 11.6 Å². The summed E-state index contributed by atoms with van der Waals surface area (Å²) in [6, 6.07) is 0. The molecule has 2 bridgehead atoms. The largest absolute Gasteiger partial charge is 0.455 e. The van der Waals surface area contributed by atoms with E-state index < -0.39 is 0 Å². The van der Waals surface area contributed by atoms with Gasteiger partial charge in [0.15, 0.2) is 0 Å². The molecule has 2 rings (SSSR count). The molecule has 0 aromatic rings. The van der Waals surface area contributed by atoms with Gasteiger partial charge < -0.3 is 4.74 Å². The molecule has 2 nitrogen and oxygen atoms in total. The number of carbonyl (C=O) groups is 1. The van der Waals surface area contributed by atoms with Gasteiger partial charge in [-0.15, -0.1) is 0 Å². The number of carbonyl (C=O) groups excluding carboxylic acids is 1. The highest BCUT2D eigenvalue weighted by Gasteiger charge is 2.59. The van der Waals surface area contributed by atoms with Crippen molar-refractivity contribution >= 4 is 5.97 Å². The van der Waals surface area contributed by atoms with Crippen molar-refractivity contribution in [2.24, 2.45) is 17.3 Å². The number of rotatable bonds is 2. The van der Waals surface area contributed by atoms with Crippen LogP contribution in [0.3, 0.4) is 0 Å². The standard InChI is InChI=1S/C15H24O2/c1-10(2)13(16)17-15(14(3,4)5)9-11-6-7-12(15)8-11/h11-12H,1,6-9H2,2-5H3. The highest BCUT2D eigenvalue weighted by atomic mass is 16.6. The SMILES string of the molecule is C=C(C)C(=O)OC1(C(C)(C)C)CC2CCC1C2. The molecule has 3 unspecified atom stereocenters. The van der Waals surface area contributed by atoms with Gasteiger partial charge in [0, 0.05) is 11.0 Å². The number of esters is 1. The molecule has 0 aromatic heterocycles. The minimum atomic E-state index is -0.258. The van der Waals surface area contributed by atoms with E-state index >= 15 is 0 Å². The van der Waals surface area contributed by atoms with E-state index in [1.165, 1.54) is 19.3 Å². The van der Waals surface area contributed by atoms with Crippen LogP contribution in [0.15, 0.2) is 12.2 Å². The molecule has 0 aromatic carbocycles. The zero-order valence-electron chi connectivity index (χ0n) is 11.5. The molecular weight excluding hydrogens is 212 g/mol. The van der Waals surface area contributed by atoms with Crippen molar-refractivity contribution in [1.82, 2.24) is 0 Å². The van der Waals surface area contributed by atoms with E-state index in [1.807, 2.05) is 0 Å². The first-order valence-electron chi connectivity index (χ1n) is 6.65. The second-order valence-electron chi connectivity index (χ2n) is 6.89. The molecule has 2 heteroatoms. The van der Waals surface area contributed by atoms with E-state index in [-0.39, 0.29) is 17.0 Å². The lowest BCUT2D eigenvalue weighted by molar-refractivity contribution is -0.179. The van der Waals surface area contributed by atoms with E-state index in [9.17, 15) is 4.79 Å². The average Bonchev–Trinajstić information content (AvgIpc) is 2.75. The summed E-state index contributed by atoms with van der Waals surface area (Å²) in [5.74, 6) is 1.10. The van der Waals surface area contributed by atoms with Crippen LogP contribution in [0.1, 0.15) is 53.4 Å². The van der Waals surface area contributed by atoms with Crippen molar-refractivity contribution in [3.63, 3.8) is 0 Å². The molecule has 0 aliphatic heterocycles. The fourth-order valence-electron chi connectivity index (χ4n) is 3.73. The summed E-state index contributed by atoms with van der Waals surface area (Å²) < 4.78 is 5.92. The average molecular weight is 236 g/mol. The summed E-state index contributed by atoms with van der Waals surface area (Å²) in [6.07, 6.45) is 4.81. The Morgan fingerprint density at radius 2 is 2.00 bits per heavy atom. The van der Waals surface area contributed by atoms with Crippen LogP contribution in [0.4, 0.5) is 0 Å². The highest BCUT2D eigenvalue weighted by Crippen LogP contribution is 2.59. The number of fused-ring (bicyclic) bond motifs is 2. The first kappa shape index (κ1) is 12.7. The fourth-order valence-corrected chi connectivity index (χ4v) is 3.73. The molecule has 0 N–H and O–H groups in total. The second-order valence-corrected chi connectivity index (χ2v) is 6.89. The Morgan fingerprint density at radius 1 is 1.35 bits per heavy atom. The van der Waals surface area contributed by atoms with Crippen molar-refractivity contribution in [3.05, 3.63) is 12.2 Å². The van der Waals surface area contributed by atoms with E-state index in [4.69, 9.17) is 4.74 Å². The van der Waals surface area contributed by atoms with Gasteiger partial charge in [0.2, 0.25) is 0 Å².